The maximum Gasteiger partial charge on any atom is 0.201 e. The highest BCUT2D eigenvalue weighted by Gasteiger charge is 2.29. The van der Waals surface area contributed by atoms with Crippen molar-refractivity contribution in [2.24, 2.45) is 0 Å². The number of aromatic nitrogens is 3. The highest BCUT2D eigenvalue weighted by Crippen LogP contribution is 2.41. The lowest BCUT2D eigenvalue weighted by Gasteiger charge is -2.28. The molecule has 6 nitrogen and oxygen atoms in total. The minimum atomic E-state index is -2.69. The van der Waals surface area contributed by atoms with Crippen molar-refractivity contribution in [3.63, 3.8) is 0 Å². The molecule has 2 unspecified atom stereocenters. The normalized spacial score (nSPS) is 13.1. The third kappa shape index (κ3) is 5.20. The fraction of sp³-hybridized carbons (Fsp3) is 0.125. The minimum Gasteiger partial charge on any atom is -0.264 e. The Labute approximate surface area is 183 Å². The Bertz CT molecular complexity index is 1140. The fourth-order valence-corrected chi connectivity index (χ4v) is 4.10. The number of pyridine rings is 3. The van der Waals surface area contributed by atoms with Crippen LogP contribution in [-0.4, -0.2) is 23.4 Å². The number of hydrogen-bond acceptors (Lipinski definition) is 5. The Morgan fingerprint density at radius 3 is 1.97 bits per heavy atom. The molecule has 4 aromatic rings. The molecule has 3 aromatic heterocycles. The second-order valence-electron chi connectivity index (χ2n) is 7.08. The molecule has 0 fully saturated rings. The van der Waals surface area contributed by atoms with Crippen LogP contribution >= 0.6 is 0 Å². The predicted molar refractivity (Wildman–Crippen MR) is 120 cm³/mol. The van der Waals surface area contributed by atoms with Gasteiger partial charge in [0.15, 0.2) is 0 Å². The molecule has 0 saturated carbocycles. The van der Waals surface area contributed by atoms with E-state index < -0.39 is 10.9 Å². The van der Waals surface area contributed by atoms with Gasteiger partial charge in [0.2, 0.25) is 10.9 Å². The topological polar surface area (TPSA) is 84.8 Å². The molecule has 0 aliphatic heterocycles. The van der Waals surface area contributed by atoms with Gasteiger partial charge in [-0.15, -0.1) is 0 Å². The third-order valence-corrected chi connectivity index (χ3v) is 5.53. The molecule has 0 aliphatic rings. The highest BCUT2D eigenvalue weighted by molar-refractivity contribution is 7.70. The molecule has 3 heterocycles. The van der Waals surface area contributed by atoms with E-state index in [0.717, 1.165) is 22.4 Å². The minimum absolute atomic E-state index is 0.0500. The zero-order valence-corrected chi connectivity index (χ0v) is 17.6. The van der Waals surface area contributed by atoms with Gasteiger partial charge >= 0.3 is 0 Å². The van der Waals surface area contributed by atoms with Crippen LogP contribution in [0.3, 0.4) is 0 Å². The van der Waals surface area contributed by atoms with E-state index >= 15 is 0 Å². The monoisotopic (exact) mass is 430 g/mol. The summed E-state index contributed by atoms with van der Waals surface area (Å²) in [6, 6.07) is 23.9. The van der Waals surface area contributed by atoms with Gasteiger partial charge in [-0.1, -0.05) is 48.5 Å². The first kappa shape index (κ1) is 20.8. The van der Waals surface area contributed by atoms with Crippen LogP contribution in [-0.2, 0) is 17.4 Å². The Kier molecular flexibility index (Phi) is 6.76. The molecular weight excluding hydrogens is 408 g/mol. The van der Waals surface area contributed by atoms with Gasteiger partial charge in [-0.05, 0) is 41.0 Å². The van der Waals surface area contributed by atoms with Crippen LogP contribution in [0.2, 0.25) is 0 Å². The smallest absolute Gasteiger partial charge is 0.201 e. The molecule has 0 amide bonds. The van der Waals surface area contributed by atoms with E-state index in [1.807, 2.05) is 67.0 Å². The molecule has 0 bridgehead atoms. The number of nitrogens with one attached hydrogen (secondary N) is 1. The van der Waals surface area contributed by atoms with Crippen LogP contribution < -0.4 is 4.72 Å². The van der Waals surface area contributed by atoms with Crippen molar-refractivity contribution in [3.05, 3.63) is 126 Å². The van der Waals surface area contributed by atoms with Crippen LogP contribution in [0.5, 0.6) is 0 Å². The zero-order valence-electron chi connectivity index (χ0n) is 16.7. The van der Waals surface area contributed by atoms with Gasteiger partial charge in [-0.25, -0.2) is 13.1 Å². The summed E-state index contributed by atoms with van der Waals surface area (Å²) in [5.74, 6) is -0.188. The van der Waals surface area contributed by atoms with E-state index in [9.17, 15) is 8.42 Å². The number of nitrogens with zero attached hydrogens (tertiary/aromatic N) is 3. The summed E-state index contributed by atoms with van der Waals surface area (Å²) in [5.41, 5.74) is 4.72. The van der Waals surface area contributed by atoms with Crippen LogP contribution in [0.25, 0.3) is 0 Å². The first-order valence-corrected chi connectivity index (χ1v) is 11.1. The average molecular weight is 431 g/mol. The lowest BCUT2D eigenvalue weighted by Crippen LogP contribution is -2.18. The summed E-state index contributed by atoms with van der Waals surface area (Å²) in [7, 11) is -2.69. The van der Waals surface area contributed by atoms with Gasteiger partial charge in [0.05, 0.1) is 12.2 Å². The average Bonchev–Trinajstić information content (AvgIpc) is 2.83. The van der Waals surface area contributed by atoms with E-state index in [1.165, 1.54) is 0 Å². The number of hydrogen-bond donors (Lipinski definition) is 2. The Morgan fingerprint density at radius 1 is 0.710 bits per heavy atom. The van der Waals surface area contributed by atoms with Gasteiger partial charge in [-0.3, -0.25) is 15.0 Å². The molecule has 0 saturated heterocycles. The van der Waals surface area contributed by atoms with Crippen LogP contribution in [0.15, 0.2) is 97.6 Å². The van der Waals surface area contributed by atoms with Crippen molar-refractivity contribution in [2.75, 3.05) is 0 Å². The summed E-state index contributed by atoms with van der Waals surface area (Å²) in [4.78, 5) is 13.5. The summed E-state index contributed by atoms with van der Waals surface area (Å²) in [6.07, 6.45) is 7.26. The van der Waals surface area contributed by atoms with E-state index in [0.29, 0.717) is 5.69 Å². The largest absolute Gasteiger partial charge is 0.264 e. The quantitative estimate of drug-likeness (QED) is 0.418. The van der Waals surface area contributed by atoms with E-state index in [2.05, 4.69) is 32.9 Å². The van der Waals surface area contributed by atoms with Crippen molar-refractivity contribution in [1.82, 2.24) is 19.7 Å². The lowest BCUT2D eigenvalue weighted by molar-refractivity contribution is 0.600. The molecule has 31 heavy (non-hydrogen) atoms. The second-order valence-corrected chi connectivity index (χ2v) is 7.91. The number of rotatable bonds is 8. The van der Waals surface area contributed by atoms with Crippen molar-refractivity contribution < 1.29 is 8.42 Å². The molecular formula is C24H22N4O2S. The van der Waals surface area contributed by atoms with Gasteiger partial charge in [0.1, 0.15) is 0 Å². The Hall–Kier alpha value is -3.42. The number of benzene rings is 1. The summed E-state index contributed by atoms with van der Waals surface area (Å²) >= 11 is 0. The first-order valence-electron chi connectivity index (χ1n) is 9.91. The SMILES string of the molecule is O=[SH](=O)NCc1cccc(C(c2cccnc2)C(c2ccccc2)c2cccnc2)n1. The maximum atomic E-state index is 11.0. The van der Waals surface area contributed by atoms with E-state index in [1.54, 1.807) is 12.4 Å². The molecule has 1 aromatic carbocycles. The van der Waals surface area contributed by atoms with Gasteiger partial charge in [0, 0.05) is 42.3 Å². The maximum absolute atomic E-state index is 11.0. The molecule has 1 N–H and O–H groups in total. The van der Waals surface area contributed by atoms with Gasteiger partial charge in [0.25, 0.3) is 0 Å². The fourth-order valence-electron chi connectivity index (χ4n) is 3.81. The van der Waals surface area contributed by atoms with Crippen molar-refractivity contribution in [1.29, 1.82) is 0 Å². The number of thiol groups is 1. The standard InChI is InChI=1S/C24H22N4O2S/c29-31(30)27-17-21-11-4-12-22(28-21)24(20-10-6-14-26-16-20)23(18-7-2-1-3-8-18)19-9-5-13-25-15-19/h1-16,23-24,31H,17H2,(H,27,29,30). The van der Waals surface area contributed by atoms with Crippen molar-refractivity contribution in [3.8, 4) is 0 Å². The Morgan fingerprint density at radius 2 is 1.35 bits per heavy atom. The van der Waals surface area contributed by atoms with Crippen LogP contribution in [0.1, 0.15) is 39.9 Å². The molecule has 4 rings (SSSR count). The van der Waals surface area contributed by atoms with Gasteiger partial charge in [-0.2, -0.15) is 0 Å². The molecule has 0 aliphatic carbocycles. The van der Waals surface area contributed by atoms with Crippen molar-refractivity contribution in [2.45, 2.75) is 18.4 Å². The third-order valence-electron chi connectivity index (χ3n) is 5.12. The van der Waals surface area contributed by atoms with Crippen molar-refractivity contribution >= 4 is 10.9 Å². The molecule has 2 atom stereocenters. The zero-order chi connectivity index (χ0) is 21.5. The first-order chi connectivity index (χ1) is 15.2. The van der Waals surface area contributed by atoms with Crippen LogP contribution in [0, 0.1) is 0 Å². The van der Waals surface area contributed by atoms with E-state index in [4.69, 9.17) is 4.98 Å². The van der Waals surface area contributed by atoms with Gasteiger partial charge < -0.3 is 0 Å². The molecule has 0 spiro atoms. The summed E-state index contributed by atoms with van der Waals surface area (Å²) < 4.78 is 24.4. The predicted octanol–water partition coefficient (Wildman–Crippen LogP) is 3.45. The van der Waals surface area contributed by atoms with Crippen LogP contribution in [0.4, 0.5) is 0 Å². The summed E-state index contributed by atoms with van der Waals surface area (Å²) in [6.45, 7) is 0.148. The Balaban J connectivity index is 1.87. The molecule has 7 heteroatoms. The lowest BCUT2D eigenvalue weighted by atomic mass is 9.76. The molecule has 156 valence electrons. The molecule has 0 radical (unpaired) electrons. The highest BCUT2D eigenvalue weighted by atomic mass is 32.2. The van der Waals surface area contributed by atoms with E-state index in [-0.39, 0.29) is 18.4 Å². The summed E-state index contributed by atoms with van der Waals surface area (Å²) in [5, 5.41) is 0. The second kappa shape index (κ2) is 10.1.